The van der Waals surface area contributed by atoms with Crippen molar-refractivity contribution in [2.24, 2.45) is 0 Å². The molecule has 0 bridgehead atoms. The van der Waals surface area contributed by atoms with E-state index in [2.05, 4.69) is 20.8 Å². The van der Waals surface area contributed by atoms with Gasteiger partial charge < -0.3 is 0 Å². The second-order valence-corrected chi connectivity index (χ2v) is 22.4. The van der Waals surface area contributed by atoms with Gasteiger partial charge in [0.2, 0.25) is 0 Å². The van der Waals surface area contributed by atoms with Gasteiger partial charge in [0.05, 0.1) is 0 Å². The maximum absolute atomic E-state index is 13.0. The number of esters is 2. The van der Waals surface area contributed by atoms with Crippen LogP contribution in [0.2, 0.25) is 17.7 Å². The van der Waals surface area contributed by atoms with E-state index in [1.54, 1.807) is 24.3 Å². The summed E-state index contributed by atoms with van der Waals surface area (Å²) in [6.45, 7) is 10.7. The standard InChI is InChI=1S/C13H13O3.3C4H9.Sn/c1-9(2)10(3)12(14)16-13(15)11-7-5-4-6-8-11;3*1-3-4-2;/h4-8H,3H2,1-2H3;3*1,3-4H2,2H3;. The fourth-order valence-corrected chi connectivity index (χ4v) is 20.6. The van der Waals surface area contributed by atoms with E-state index in [1.807, 2.05) is 19.9 Å². The van der Waals surface area contributed by atoms with Gasteiger partial charge in [-0.05, 0) is 0 Å². The van der Waals surface area contributed by atoms with Gasteiger partial charge >= 0.3 is 183 Å². The van der Waals surface area contributed by atoms with Crippen LogP contribution in [0.3, 0.4) is 0 Å². The average molecular weight is 507 g/mol. The number of hydrogen-bond donors (Lipinski definition) is 0. The van der Waals surface area contributed by atoms with Gasteiger partial charge in [-0.25, -0.2) is 0 Å². The number of carbonyl (C=O) groups is 2. The molecule has 3 nitrogen and oxygen atoms in total. The molecule has 0 heterocycles. The predicted molar refractivity (Wildman–Crippen MR) is 125 cm³/mol. The minimum atomic E-state index is -2.55. The van der Waals surface area contributed by atoms with Crippen molar-refractivity contribution in [2.75, 3.05) is 0 Å². The van der Waals surface area contributed by atoms with Crippen molar-refractivity contribution in [3.05, 3.63) is 47.0 Å². The van der Waals surface area contributed by atoms with Crippen LogP contribution in [0, 0.1) is 0 Å². The van der Waals surface area contributed by atoms with Crippen LogP contribution in [0.1, 0.15) is 83.5 Å². The summed E-state index contributed by atoms with van der Waals surface area (Å²) in [5.74, 6) is -0.977. The van der Waals surface area contributed by atoms with Crippen LogP contribution < -0.4 is 0 Å². The number of allylic oxidation sites excluding steroid dienone is 1. The van der Waals surface area contributed by atoms with Crippen LogP contribution in [0.4, 0.5) is 0 Å². The van der Waals surface area contributed by atoms with Crippen LogP contribution in [0.15, 0.2) is 41.5 Å². The van der Waals surface area contributed by atoms with Crippen molar-refractivity contribution in [2.45, 2.75) is 90.9 Å². The molecule has 1 aromatic carbocycles. The Hall–Kier alpha value is -1.10. The molecule has 0 fully saturated rings. The summed E-state index contributed by atoms with van der Waals surface area (Å²) < 4.78 is 10.2. The summed E-state index contributed by atoms with van der Waals surface area (Å²) in [5.41, 5.74) is 2.20. The first kappa shape index (κ1) is 25.9. The fraction of sp³-hybridized carbons (Fsp3) is 0.600. The Labute approximate surface area is 182 Å². The molecule has 0 aliphatic heterocycles. The number of hydrogen-bond acceptors (Lipinski definition) is 3. The second-order valence-electron chi connectivity index (χ2n) is 8.51. The van der Waals surface area contributed by atoms with Crippen molar-refractivity contribution >= 4 is 30.3 Å². The Morgan fingerprint density at radius 1 is 0.828 bits per heavy atom. The summed E-state index contributed by atoms with van der Waals surface area (Å²) in [6.07, 6.45) is 7.40. The van der Waals surface area contributed by atoms with Gasteiger partial charge in [-0.1, -0.05) is 0 Å². The third kappa shape index (κ3) is 9.06. The number of rotatable bonds is 13. The summed E-state index contributed by atoms with van der Waals surface area (Å²) in [4.78, 5) is 25.4. The number of ether oxygens (including phenoxy) is 1. The molecule has 0 saturated carbocycles. The van der Waals surface area contributed by atoms with Gasteiger partial charge in [0, 0.05) is 0 Å². The molecule has 0 atom stereocenters. The van der Waals surface area contributed by atoms with E-state index < -0.39 is 30.3 Å². The number of carbonyl (C=O) groups excluding carboxylic acids is 2. The Morgan fingerprint density at radius 3 is 1.72 bits per heavy atom. The van der Waals surface area contributed by atoms with Gasteiger partial charge in [-0.3, -0.25) is 0 Å². The van der Waals surface area contributed by atoms with Crippen molar-refractivity contribution in [3.63, 3.8) is 0 Å². The molecule has 0 aliphatic carbocycles. The van der Waals surface area contributed by atoms with Gasteiger partial charge in [-0.2, -0.15) is 0 Å². The first-order valence-corrected chi connectivity index (χ1v) is 19.4. The first-order valence-electron chi connectivity index (χ1n) is 11.4. The Kier molecular flexibility index (Phi) is 12.5. The fourth-order valence-electron chi connectivity index (χ4n) is 3.90. The van der Waals surface area contributed by atoms with E-state index in [1.165, 1.54) is 51.8 Å². The molecule has 0 unspecified atom stereocenters. The van der Waals surface area contributed by atoms with Crippen molar-refractivity contribution in [1.82, 2.24) is 0 Å². The van der Waals surface area contributed by atoms with Crippen molar-refractivity contribution in [1.29, 1.82) is 0 Å². The molecule has 4 heteroatoms. The SMILES string of the molecule is CCC[CH2][Sn]([CH2]CCC)([CH2]CCC)[CH2]C(C(=O)OC(=O)c1ccccc1)=C(C)C. The van der Waals surface area contributed by atoms with Crippen LogP contribution in [0.25, 0.3) is 0 Å². The molecule has 1 aromatic rings. The Bertz CT molecular complexity index is 638. The van der Waals surface area contributed by atoms with Gasteiger partial charge in [0.25, 0.3) is 0 Å². The zero-order valence-corrected chi connectivity index (χ0v) is 22.0. The third-order valence-electron chi connectivity index (χ3n) is 5.78. The molecular weight excluding hydrogens is 467 g/mol. The molecule has 0 aliphatic rings. The molecule has 29 heavy (non-hydrogen) atoms. The molecule has 1 rings (SSSR count). The minimum absolute atomic E-state index is 0.423. The Balaban J connectivity index is 3.06. The zero-order valence-electron chi connectivity index (χ0n) is 19.2. The van der Waals surface area contributed by atoms with Gasteiger partial charge in [0.1, 0.15) is 0 Å². The monoisotopic (exact) mass is 508 g/mol. The summed E-state index contributed by atoms with van der Waals surface area (Å²) in [6, 6.07) is 8.78. The van der Waals surface area contributed by atoms with E-state index in [9.17, 15) is 9.59 Å². The van der Waals surface area contributed by atoms with Crippen LogP contribution in [0.5, 0.6) is 0 Å². The van der Waals surface area contributed by atoms with E-state index in [4.69, 9.17) is 4.74 Å². The molecule has 162 valence electrons. The summed E-state index contributed by atoms with van der Waals surface area (Å²) in [5, 5.41) is 0. The summed E-state index contributed by atoms with van der Waals surface area (Å²) in [7, 11) is 0. The van der Waals surface area contributed by atoms with Crippen LogP contribution in [-0.4, -0.2) is 30.3 Å². The molecular formula is C25H40O3Sn. The van der Waals surface area contributed by atoms with E-state index in [0.717, 1.165) is 15.6 Å². The second kappa shape index (κ2) is 14.0. The van der Waals surface area contributed by atoms with Gasteiger partial charge in [-0.15, -0.1) is 0 Å². The van der Waals surface area contributed by atoms with Crippen LogP contribution >= 0.6 is 0 Å². The normalized spacial score (nSPS) is 11.2. The topological polar surface area (TPSA) is 43.4 Å². The average Bonchev–Trinajstić information content (AvgIpc) is 2.72. The van der Waals surface area contributed by atoms with Crippen molar-refractivity contribution in [3.8, 4) is 0 Å². The predicted octanol–water partition coefficient (Wildman–Crippen LogP) is 7.56. The van der Waals surface area contributed by atoms with E-state index in [-0.39, 0.29) is 0 Å². The molecule has 0 spiro atoms. The molecule has 0 radical (unpaired) electrons. The van der Waals surface area contributed by atoms with E-state index >= 15 is 0 Å². The Morgan fingerprint density at radius 2 is 1.31 bits per heavy atom. The molecule has 0 saturated heterocycles. The van der Waals surface area contributed by atoms with E-state index in [0.29, 0.717) is 5.56 Å². The number of benzene rings is 1. The number of unbranched alkanes of at least 4 members (excludes halogenated alkanes) is 3. The molecule has 0 N–H and O–H groups in total. The molecule has 0 amide bonds. The third-order valence-corrected chi connectivity index (χ3v) is 21.0. The van der Waals surface area contributed by atoms with Crippen LogP contribution in [-0.2, 0) is 9.53 Å². The zero-order chi connectivity index (χ0) is 21.7. The van der Waals surface area contributed by atoms with Gasteiger partial charge in [0.15, 0.2) is 0 Å². The maximum atomic E-state index is 13.0. The quantitative estimate of drug-likeness (QED) is 0.120. The van der Waals surface area contributed by atoms with Crippen molar-refractivity contribution < 1.29 is 14.3 Å². The molecule has 0 aromatic heterocycles. The first-order chi connectivity index (χ1) is 13.9. The summed E-state index contributed by atoms with van der Waals surface area (Å²) >= 11 is -2.55.